The normalized spacial score (nSPS) is 15.3. The van der Waals surface area contributed by atoms with Crippen LogP contribution in [0.1, 0.15) is 11.1 Å². The minimum absolute atomic E-state index is 0.120. The van der Waals surface area contributed by atoms with Crippen LogP contribution in [0, 0.1) is 0 Å². The van der Waals surface area contributed by atoms with Gasteiger partial charge in [0, 0.05) is 49.0 Å². The molecule has 5 nitrogen and oxygen atoms in total. The quantitative estimate of drug-likeness (QED) is 0.439. The van der Waals surface area contributed by atoms with E-state index in [0.29, 0.717) is 5.02 Å². The average molecular weight is 422 g/mol. The number of nitrogens with one attached hydrogen (secondary N) is 1. The maximum Gasteiger partial charge on any atom is 0.184 e. The lowest BCUT2D eigenvalue weighted by Crippen LogP contribution is -2.45. The molecule has 1 aliphatic rings. The number of nitrogens with zero attached hydrogens (tertiary/aromatic N) is 3. The van der Waals surface area contributed by atoms with Gasteiger partial charge in [0.05, 0.1) is 11.2 Å². The van der Waals surface area contributed by atoms with Gasteiger partial charge >= 0.3 is 0 Å². The van der Waals surface area contributed by atoms with Gasteiger partial charge in [-0.2, -0.15) is 5.10 Å². The predicted octanol–water partition coefficient (Wildman–Crippen LogP) is 3.48. The van der Waals surface area contributed by atoms with Gasteiger partial charge in [-0.3, -0.25) is 10.3 Å². The first-order chi connectivity index (χ1) is 13.0. The number of piperazine rings is 1. The summed E-state index contributed by atoms with van der Waals surface area (Å²) in [6.45, 7) is 4.80. The topological polar surface area (TPSA) is 56.9 Å². The number of nitrogens with two attached hydrogens (primary N) is 1. The molecule has 3 N–H and O–H groups in total. The number of benzene rings is 2. The summed E-state index contributed by atoms with van der Waals surface area (Å²) < 4.78 is 0. The fraction of sp³-hybridized carbons (Fsp3) is 0.263. The van der Waals surface area contributed by atoms with Crippen LogP contribution >= 0.6 is 35.4 Å². The van der Waals surface area contributed by atoms with Gasteiger partial charge in [0.25, 0.3) is 0 Å². The average Bonchev–Trinajstić information content (AvgIpc) is 2.63. The molecule has 1 heterocycles. The highest BCUT2D eigenvalue weighted by Crippen LogP contribution is 2.24. The van der Waals surface area contributed by atoms with Crippen molar-refractivity contribution < 1.29 is 0 Å². The summed E-state index contributed by atoms with van der Waals surface area (Å²) in [5, 5.41) is 5.49. The van der Waals surface area contributed by atoms with Crippen LogP contribution in [0.3, 0.4) is 0 Å². The van der Waals surface area contributed by atoms with Crippen molar-refractivity contribution in [3.05, 3.63) is 63.6 Å². The second-order valence-corrected chi connectivity index (χ2v) is 7.62. The number of rotatable bonds is 5. The van der Waals surface area contributed by atoms with E-state index >= 15 is 0 Å². The van der Waals surface area contributed by atoms with E-state index in [2.05, 4.69) is 32.5 Å². The zero-order chi connectivity index (χ0) is 19.2. The summed E-state index contributed by atoms with van der Waals surface area (Å²) in [5.41, 5.74) is 11.0. The molecule has 0 radical (unpaired) electrons. The molecule has 2 aromatic carbocycles. The second kappa shape index (κ2) is 9.37. The van der Waals surface area contributed by atoms with Gasteiger partial charge in [-0.1, -0.05) is 35.3 Å². The van der Waals surface area contributed by atoms with Crippen molar-refractivity contribution in [1.29, 1.82) is 0 Å². The molecule has 0 bridgehead atoms. The lowest BCUT2D eigenvalue weighted by atomic mass is 10.1. The van der Waals surface area contributed by atoms with Gasteiger partial charge in [0.15, 0.2) is 5.11 Å². The van der Waals surface area contributed by atoms with E-state index in [1.807, 2.05) is 30.3 Å². The highest BCUT2D eigenvalue weighted by Gasteiger charge is 2.18. The lowest BCUT2D eigenvalue weighted by Gasteiger charge is -2.36. The number of hydrogen-bond acceptors (Lipinski definition) is 4. The minimum atomic E-state index is 0.120. The number of hydrogen-bond donors (Lipinski definition) is 2. The van der Waals surface area contributed by atoms with Crippen molar-refractivity contribution in [2.24, 2.45) is 10.8 Å². The van der Waals surface area contributed by atoms with Crippen molar-refractivity contribution >= 4 is 52.4 Å². The highest BCUT2D eigenvalue weighted by atomic mass is 35.5. The van der Waals surface area contributed by atoms with E-state index in [1.165, 1.54) is 5.56 Å². The molecule has 1 saturated heterocycles. The number of halogens is 2. The molecule has 0 saturated carbocycles. The maximum absolute atomic E-state index is 6.38. The first-order valence-corrected chi connectivity index (χ1v) is 9.77. The van der Waals surface area contributed by atoms with Crippen LogP contribution < -0.4 is 16.1 Å². The Balaban J connectivity index is 1.57. The van der Waals surface area contributed by atoms with Gasteiger partial charge in [-0.25, -0.2) is 0 Å². The van der Waals surface area contributed by atoms with E-state index in [-0.39, 0.29) is 5.11 Å². The van der Waals surface area contributed by atoms with Crippen molar-refractivity contribution in [3.8, 4) is 0 Å². The van der Waals surface area contributed by atoms with Crippen molar-refractivity contribution in [3.63, 3.8) is 0 Å². The van der Waals surface area contributed by atoms with E-state index in [9.17, 15) is 0 Å². The fourth-order valence-corrected chi connectivity index (χ4v) is 3.53. The molecule has 0 spiro atoms. The Morgan fingerprint density at radius 3 is 2.59 bits per heavy atom. The van der Waals surface area contributed by atoms with Crippen LogP contribution in [0.2, 0.25) is 10.0 Å². The number of thiocarbonyl (C=S) groups is 1. The van der Waals surface area contributed by atoms with Crippen LogP contribution in [0.5, 0.6) is 0 Å². The zero-order valence-electron chi connectivity index (χ0n) is 14.7. The first-order valence-electron chi connectivity index (χ1n) is 8.61. The van der Waals surface area contributed by atoms with Crippen molar-refractivity contribution in [2.45, 2.75) is 6.54 Å². The van der Waals surface area contributed by atoms with E-state index < -0.39 is 0 Å². The van der Waals surface area contributed by atoms with E-state index in [1.54, 1.807) is 6.21 Å². The van der Waals surface area contributed by atoms with Crippen molar-refractivity contribution in [1.82, 2.24) is 10.3 Å². The Kier molecular flexibility index (Phi) is 6.90. The third-order valence-electron chi connectivity index (χ3n) is 4.40. The predicted molar refractivity (Wildman–Crippen MR) is 118 cm³/mol. The van der Waals surface area contributed by atoms with Gasteiger partial charge in [-0.05, 0) is 48.1 Å². The second-order valence-electron chi connectivity index (χ2n) is 6.33. The molecule has 0 aliphatic carbocycles. The maximum atomic E-state index is 6.38. The Hall–Kier alpha value is -1.86. The van der Waals surface area contributed by atoms with Gasteiger partial charge in [0.2, 0.25) is 0 Å². The molecule has 0 amide bonds. The summed E-state index contributed by atoms with van der Waals surface area (Å²) in [6.07, 6.45) is 1.61. The zero-order valence-corrected chi connectivity index (χ0v) is 17.1. The largest absolute Gasteiger partial charge is 0.375 e. The van der Waals surface area contributed by atoms with Crippen LogP contribution in [-0.2, 0) is 6.54 Å². The minimum Gasteiger partial charge on any atom is -0.375 e. The third-order valence-corrected chi connectivity index (χ3v) is 5.05. The molecule has 27 heavy (non-hydrogen) atoms. The number of hydrazone groups is 1. The van der Waals surface area contributed by atoms with Crippen LogP contribution in [0.15, 0.2) is 47.6 Å². The van der Waals surface area contributed by atoms with Crippen LogP contribution in [0.25, 0.3) is 0 Å². The molecular weight excluding hydrogens is 401 g/mol. The summed E-state index contributed by atoms with van der Waals surface area (Å²) in [7, 11) is 0. The molecule has 0 atom stereocenters. The van der Waals surface area contributed by atoms with Crippen LogP contribution in [0.4, 0.5) is 5.69 Å². The van der Waals surface area contributed by atoms with Crippen molar-refractivity contribution in [2.75, 3.05) is 31.1 Å². The molecule has 1 fully saturated rings. The Morgan fingerprint density at radius 1 is 1.15 bits per heavy atom. The smallest absolute Gasteiger partial charge is 0.184 e. The van der Waals surface area contributed by atoms with E-state index in [0.717, 1.165) is 49.0 Å². The highest BCUT2D eigenvalue weighted by molar-refractivity contribution is 7.80. The monoisotopic (exact) mass is 421 g/mol. The molecule has 1 aliphatic heterocycles. The lowest BCUT2D eigenvalue weighted by molar-refractivity contribution is 0.250. The molecule has 0 unspecified atom stereocenters. The molecule has 2 aromatic rings. The third kappa shape index (κ3) is 5.81. The SMILES string of the molecule is NC(=S)NN=Cc1ccc(N2CCN(Cc3cccc(Cl)c3)CC2)cc1Cl. The molecule has 3 rings (SSSR count). The Bertz CT molecular complexity index is 835. The van der Waals surface area contributed by atoms with E-state index in [4.69, 9.17) is 41.2 Å². The Labute approximate surface area is 174 Å². The first kappa shape index (κ1) is 19.9. The van der Waals surface area contributed by atoms with Gasteiger partial charge in [0.1, 0.15) is 0 Å². The molecule has 142 valence electrons. The summed E-state index contributed by atoms with van der Waals surface area (Å²) in [5.74, 6) is 0. The molecular formula is C19H21Cl2N5S. The fourth-order valence-electron chi connectivity index (χ4n) is 3.04. The van der Waals surface area contributed by atoms with Gasteiger partial charge < -0.3 is 10.6 Å². The molecule has 8 heteroatoms. The summed E-state index contributed by atoms with van der Waals surface area (Å²) in [4.78, 5) is 4.78. The summed E-state index contributed by atoms with van der Waals surface area (Å²) >= 11 is 17.2. The van der Waals surface area contributed by atoms with Crippen LogP contribution in [-0.4, -0.2) is 42.4 Å². The number of anilines is 1. The molecule has 0 aromatic heterocycles. The Morgan fingerprint density at radius 2 is 1.93 bits per heavy atom. The standard InChI is InChI=1S/C19H21Cl2N5S/c20-16-3-1-2-14(10-16)13-25-6-8-26(9-7-25)17-5-4-15(18(21)11-17)12-23-24-19(22)27/h1-5,10-12H,6-9,13H2,(H3,22,24,27). The summed E-state index contributed by atoms with van der Waals surface area (Å²) in [6, 6.07) is 14.0. The van der Waals surface area contributed by atoms with Gasteiger partial charge in [-0.15, -0.1) is 0 Å².